The molecule has 3 heteroatoms. The summed E-state index contributed by atoms with van der Waals surface area (Å²) in [6.07, 6.45) is 6.82. The van der Waals surface area contributed by atoms with Gasteiger partial charge in [0.15, 0.2) is 0 Å². The van der Waals surface area contributed by atoms with Crippen LogP contribution in [0.4, 0.5) is 0 Å². The van der Waals surface area contributed by atoms with E-state index in [9.17, 15) is 9.90 Å². The zero-order valence-corrected chi connectivity index (χ0v) is 9.48. The molecule has 2 rings (SSSR count). The van der Waals surface area contributed by atoms with Crippen molar-refractivity contribution >= 4 is 5.97 Å². The number of hydrogen-bond donors (Lipinski definition) is 1. The second-order valence-corrected chi connectivity index (χ2v) is 4.92. The Labute approximate surface area is 91.5 Å². The number of unbranched alkanes of at least 4 members (excludes halogenated alkanes) is 1. The summed E-state index contributed by atoms with van der Waals surface area (Å²) >= 11 is 0. The number of hydrogen-bond acceptors (Lipinski definition) is 2. The number of fused-ring (bicyclic) bond motifs is 1. The lowest BCUT2D eigenvalue weighted by atomic mass is 9.95. The largest absolute Gasteiger partial charge is 0.481 e. The van der Waals surface area contributed by atoms with Gasteiger partial charge >= 0.3 is 5.97 Å². The van der Waals surface area contributed by atoms with E-state index < -0.39 is 5.97 Å². The van der Waals surface area contributed by atoms with Crippen LogP contribution in [0.25, 0.3) is 0 Å². The van der Waals surface area contributed by atoms with Crippen molar-refractivity contribution in [3.63, 3.8) is 0 Å². The lowest BCUT2D eigenvalue weighted by Crippen LogP contribution is -2.33. The Morgan fingerprint density at radius 2 is 2.33 bits per heavy atom. The molecular weight excluding hydrogens is 190 g/mol. The molecule has 0 aliphatic carbocycles. The predicted molar refractivity (Wildman–Crippen MR) is 58.8 cm³/mol. The van der Waals surface area contributed by atoms with Gasteiger partial charge in [0.2, 0.25) is 0 Å². The number of carboxylic acid groups (broad SMARTS) is 1. The third-order valence-corrected chi connectivity index (χ3v) is 4.01. The van der Waals surface area contributed by atoms with Gasteiger partial charge in [-0.15, -0.1) is 0 Å². The predicted octanol–water partition coefficient (Wildman–Crippen LogP) is 2.11. The van der Waals surface area contributed by atoms with Gasteiger partial charge in [0.05, 0.1) is 5.92 Å². The maximum Gasteiger partial charge on any atom is 0.308 e. The molecule has 2 aliphatic rings. The van der Waals surface area contributed by atoms with Crippen molar-refractivity contribution in [2.45, 2.75) is 57.5 Å². The number of aliphatic carboxylic acids is 1. The molecule has 2 saturated heterocycles. The fourth-order valence-corrected chi connectivity index (χ4v) is 3.27. The monoisotopic (exact) mass is 211 g/mol. The number of carbonyl (C=O) groups is 1. The Kier molecular flexibility index (Phi) is 3.29. The van der Waals surface area contributed by atoms with E-state index in [2.05, 4.69) is 11.8 Å². The number of nitrogens with zero attached hydrogens (tertiary/aromatic N) is 1. The van der Waals surface area contributed by atoms with E-state index in [0.717, 1.165) is 19.4 Å². The van der Waals surface area contributed by atoms with Crippen LogP contribution in [0.3, 0.4) is 0 Å². The standard InChI is InChI=1S/C12H21NO2/c1-2-3-5-9-8-10(12(14)15)11-6-4-7-13(9)11/h9-11H,2-8H2,1H3,(H,14,15). The van der Waals surface area contributed by atoms with E-state index >= 15 is 0 Å². The van der Waals surface area contributed by atoms with Gasteiger partial charge in [0, 0.05) is 12.1 Å². The van der Waals surface area contributed by atoms with Crippen LogP contribution < -0.4 is 0 Å². The Morgan fingerprint density at radius 1 is 1.53 bits per heavy atom. The van der Waals surface area contributed by atoms with Crippen LogP contribution >= 0.6 is 0 Å². The molecule has 3 nitrogen and oxygen atoms in total. The summed E-state index contributed by atoms with van der Waals surface area (Å²) < 4.78 is 0. The molecule has 0 amide bonds. The van der Waals surface area contributed by atoms with Crippen LogP contribution in [-0.2, 0) is 4.79 Å². The van der Waals surface area contributed by atoms with Crippen molar-refractivity contribution in [3.8, 4) is 0 Å². The van der Waals surface area contributed by atoms with Gasteiger partial charge in [-0.2, -0.15) is 0 Å². The van der Waals surface area contributed by atoms with Gasteiger partial charge in [-0.25, -0.2) is 0 Å². The van der Waals surface area contributed by atoms with Crippen molar-refractivity contribution in [2.24, 2.45) is 5.92 Å². The summed E-state index contributed by atoms with van der Waals surface area (Å²) in [7, 11) is 0. The third kappa shape index (κ3) is 2.03. The second kappa shape index (κ2) is 4.52. The van der Waals surface area contributed by atoms with E-state index in [1.165, 1.54) is 25.7 Å². The average molecular weight is 211 g/mol. The molecule has 0 aromatic heterocycles. The Balaban J connectivity index is 2.00. The molecule has 0 spiro atoms. The maximum atomic E-state index is 11.1. The molecule has 1 N–H and O–H groups in total. The second-order valence-electron chi connectivity index (χ2n) is 4.92. The summed E-state index contributed by atoms with van der Waals surface area (Å²) in [5.41, 5.74) is 0. The van der Waals surface area contributed by atoms with Gasteiger partial charge in [-0.1, -0.05) is 19.8 Å². The molecule has 3 atom stereocenters. The molecule has 15 heavy (non-hydrogen) atoms. The normalized spacial score (nSPS) is 35.7. The Morgan fingerprint density at radius 3 is 3.00 bits per heavy atom. The van der Waals surface area contributed by atoms with Crippen LogP contribution in [-0.4, -0.2) is 34.6 Å². The Hall–Kier alpha value is -0.570. The van der Waals surface area contributed by atoms with Gasteiger partial charge < -0.3 is 5.11 Å². The molecule has 2 heterocycles. The quantitative estimate of drug-likeness (QED) is 0.774. The lowest BCUT2D eigenvalue weighted by molar-refractivity contribution is -0.142. The van der Waals surface area contributed by atoms with Crippen molar-refractivity contribution in [2.75, 3.05) is 6.54 Å². The number of carboxylic acids is 1. The highest BCUT2D eigenvalue weighted by molar-refractivity contribution is 5.71. The highest BCUT2D eigenvalue weighted by Crippen LogP contribution is 2.38. The zero-order chi connectivity index (χ0) is 10.8. The van der Waals surface area contributed by atoms with Crippen molar-refractivity contribution in [1.29, 1.82) is 0 Å². The van der Waals surface area contributed by atoms with Crippen LogP contribution in [0.2, 0.25) is 0 Å². The zero-order valence-electron chi connectivity index (χ0n) is 9.48. The van der Waals surface area contributed by atoms with E-state index in [-0.39, 0.29) is 5.92 Å². The first-order valence-electron chi connectivity index (χ1n) is 6.22. The lowest BCUT2D eigenvalue weighted by Gasteiger charge is -2.23. The molecule has 2 fully saturated rings. The fraction of sp³-hybridized carbons (Fsp3) is 0.917. The topological polar surface area (TPSA) is 40.5 Å². The Bertz CT molecular complexity index is 242. The summed E-state index contributed by atoms with van der Waals surface area (Å²) in [4.78, 5) is 13.6. The van der Waals surface area contributed by atoms with Crippen LogP contribution in [0.5, 0.6) is 0 Å². The molecule has 86 valence electrons. The smallest absolute Gasteiger partial charge is 0.308 e. The molecule has 2 aliphatic heterocycles. The minimum atomic E-state index is -0.578. The van der Waals surface area contributed by atoms with Crippen LogP contribution in [0.1, 0.15) is 45.4 Å². The van der Waals surface area contributed by atoms with Gasteiger partial charge in [-0.3, -0.25) is 9.69 Å². The van der Waals surface area contributed by atoms with Gasteiger partial charge in [0.1, 0.15) is 0 Å². The van der Waals surface area contributed by atoms with Crippen molar-refractivity contribution in [3.05, 3.63) is 0 Å². The molecular formula is C12H21NO2. The summed E-state index contributed by atoms with van der Waals surface area (Å²) in [6.45, 7) is 3.33. The molecule has 0 aromatic rings. The minimum Gasteiger partial charge on any atom is -0.481 e. The van der Waals surface area contributed by atoms with E-state index in [4.69, 9.17) is 0 Å². The van der Waals surface area contributed by atoms with Crippen LogP contribution in [0, 0.1) is 5.92 Å². The van der Waals surface area contributed by atoms with Gasteiger partial charge in [0.25, 0.3) is 0 Å². The molecule has 0 aromatic carbocycles. The third-order valence-electron chi connectivity index (χ3n) is 4.01. The fourth-order valence-electron chi connectivity index (χ4n) is 3.27. The summed E-state index contributed by atoms with van der Waals surface area (Å²) in [5.74, 6) is -0.666. The summed E-state index contributed by atoms with van der Waals surface area (Å²) in [5, 5.41) is 9.18. The van der Waals surface area contributed by atoms with Gasteiger partial charge in [-0.05, 0) is 32.2 Å². The highest BCUT2D eigenvalue weighted by atomic mass is 16.4. The highest BCUT2D eigenvalue weighted by Gasteiger charge is 2.46. The van der Waals surface area contributed by atoms with E-state index in [0.29, 0.717) is 12.1 Å². The van der Waals surface area contributed by atoms with Crippen molar-refractivity contribution in [1.82, 2.24) is 4.90 Å². The van der Waals surface area contributed by atoms with Crippen molar-refractivity contribution < 1.29 is 9.90 Å². The molecule has 0 bridgehead atoms. The molecule has 0 saturated carbocycles. The SMILES string of the molecule is CCCCC1CC(C(=O)O)C2CCCN12. The summed E-state index contributed by atoms with van der Waals surface area (Å²) in [6, 6.07) is 0.905. The first-order chi connectivity index (χ1) is 7.24. The van der Waals surface area contributed by atoms with E-state index in [1.807, 2.05) is 0 Å². The molecule has 3 unspecified atom stereocenters. The first-order valence-corrected chi connectivity index (χ1v) is 6.22. The number of rotatable bonds is 4. The first kappa shape index (κ1) is 10.9. The van der Waals surface area contributed by atoms with Crippen LogP contribution in [0.15, 0.2) is 0 Å². The minimum absolute atomic E-state index is 0.0886. The molecule has 0 radical (unpaired) electrons. The van der Waals surface area contributed by atoms with E-state index in [1.54, 1.807) is 0 Å². The maximum absolute atomic E-state index is 11.1. The average Bonchev–Trinajstić information content (AvgIpc) is 2.75.